The Labute approximate surface area is 75.9 Å². The summed E-state index contributed by atoms with van der Waals surface area (Å²) in [5.41, 5.74) is 0. The molecule has 0 bridgehead atoms. The Balaban J connectivity index is 4.57. The van der Waals surface area contributed by atoms with Crippen LogP contribution in [-0.4, -0.2) is 21.3 Å². The first kappa shape index (κ1) is 13.0. The van der Waals surface area contributed by atoms with Crippen molar-refractivity contribution in [2.45, 2.75) is 13.3 Å². The highest BCUT2D eigenvalue weighted by Gasteiger charge is 2.36. The monoisotopic (exact) mass is 230 g/mol. The summed E-state index contributed by atoms with van der Waals surface area (Å²) in [6, 6.07) is 0. The lowest BCUT2D eigenvalue weighted by Gasteiger charge is -2.14. The average Bonchev–Trinajstić information content (AvgIpc) is 1.98. The van der Waals surface area contributed by atoms with Gasteiger partial charge in [0.2, 0.25) is 0 Å². The van der Waals surface area contributed by atoms with Crippen molar-refractivity contribution >= 4 is 15.2 Å². The molecule has 0 heterocycles. The van der Waals surface area contributed by atoms with Crippen LogP contribution < -0.4 is 0 Å². The van der Waals surface area contributed by atoms with Crippen LogP contribution in [-0.2, 0) is 13.7 Å². The largest absolute Gasteiger partial charge is 0.366 e. The van der Waals surface area contributed by atoms with E-state index in [1.54, 1.807) is 6.92 Å². The van der Waals surface area contributed by atoms with Crippen LogP contribution in [0.5, 0.6) is 0 Å². The van der Waals surface area contributed by atoms with Crippen molar-refractivity contribution < 1.29 is 28.3 Å². The zero-order valence-corrected chi connectivity index (χ0v) is 8.87. The molecular formula is C5H12O6P2. The van der Waals surface area contributed by atoms with Gasteiger partial charge >= 0.3 is 15.2 Å². The summed E-state index contributed by atoms with van der Waals surface area (Å²) in [7, 11) is -9.13. The van der Waals surface area contributed by atoms with Crippen molar-refractivity contribution in [1.29, 1.82) is 0 Å². The van der Waals surface area contributed by atoms with Crippen LogP contribution in [0.2, 0.25) is 0 Å². The Kier molecular flexibility index (Phi) is 4.52. The molecule has 3 N–H and O–H groups in total. The molecule has 0 saturated carbocycles. The number of rotatable bonds is 5. The van der Waals surface area contributed by atoms with E-state index in [4.69, 9.17) is 14.7 Å². The van der Waals surface area contributed by atoms with E-state index in [9.17, 15) is 9.13 Å². The lowest BCUT2D eigenvalue weighted by atomic mass is 10.5. The molecule has 0 aromatic heterocycles. The molecule has 0 aliphatic heterocycles. The van der Waals surface area contributed by atoms with E-state index in [0.29, 0.717) is 6.42 Å². The molecule has 13 heavy (non-hydrogen) atoms. The third-order valence-electron chi connectivity index (χ3n) is 1.13. The van der Waals surface area contributed by atoms with Gasteiger partial charge in [0.15, 0.2) is 0 Å². The third-order valence-corrected chi connectivity index (χ3v) is 4.53. The lowest BCUT2D eigenvalue weighted by Crippen LogP contribution is -1.94. The first-order chi connectivity index (χ1) is 5.72. The average molecular weight is 230 g/mol. The van der Waals surface area contributed by atoms with Crippen LogP contribution in [0, 0.1) is 0 Å². The van der Waals surface area contributed by atoms with Crippen LogP contribution in [0.3, 0.4) is 0 Å². The Hall–Kier alpha value is 0.0400. The molecule has 0 radical (unpaired) electrons. The van der Waals surface area contributed by atoms with Crippen LogP contribution in [0.25, 0.3) is 0 Å². The predicted octanol–water partition coefficient (Wildman–Crippen LogP) is 1.25. The quantitative estimate of drug-likeness (QED) is 0.614. The molecule has 0 aliphatic rings. The van der Waals surface area contributed by atoms with E-state index >= 15 is 0 Å². The van der Waals surface area contributed by atoms with Gasteiger partial charge in [-0.15, -0.1) is 0 Å². The van der Waals surface area contributed by atoms with Gasteiger partial charge in [0, 0.05) is 0 Å². The van der Waals surface area contributed by atoms with Crippen molar-refractivity contribution in [2.24, 2.45) is 0 Å². The van der Waals surface area contributed by atoms with E-state index in [0.717, 1.165) is 0 Å². The maximum Gasteiger partial charge on any atom is 0.366 e. The maximum atomic E-state index is 11.1. The molecule has 1 atom stereocenters. The summed E-state index contributed by atoms with van der Waals surface area (Å²) in [5, 5.41) is -1.06. The van der Waals surface area contributed by atoms with Crippen LogP contribution in [0.4, 0.5) is 0 Å². The predicted molar refractivity (Wildman–Crippen MR) is 47.3 cm³/mol. The summed E-state index contributed by atoms with van der Waals surface area (Å²) in [6.45, 7) is 4.50. The molecule has 8 heteroatoms. The van der Waals surface area contributed by atoms with Crippen LogP contribution in [0.15, 0.2) is 11.6 Å². The zero-order valence-electron chi connectivity index (χ0n) is 7.08. The Bertz CT molecular complexity index is 279. The van der Waals surface area contributed by atoms with Crippen molar-refractivity contribution in [3.63, 3.8) is 0 Å². The van der Waals surface area contributed by atoms with E-state index in [2.05, 4.69) is 11.1 Å². The maximum absolute atomic E-state index is 11.1. The van der Waals surface area contributed by atoms with Gasteiger partial charge < -0.3 is 19.2 Å². The van der Waals surface area contributed by atoms with Crippen molar-refractivity contribution in [3.8, 4) is 0 Å². The van der Waals surface area contributed by atoms with Crippen LogP contribution >= 0.6 is 15.2 Å². The van der Waals surface area contributed by atoms with Crippen molar-refractivity contribution in [1.82, 2.24) is 0 Å². The minimum atomic E-state index is -4.75. The second-order valence-corrected chi connectivity index (χ2v) is 6.13. The molecule has 0 amide bonds. The van der Waals surface area contributed by atoms with E-state index < -0.39 is 20.2 Å². The summed E-state index contributed by atoms with van der Waals surface area (Å²) in [4.78, 5) is 26.0. The highest BCUT2D eigenvalue weighted by atomic mass is 31.2. The summed E-state index contributed by atoms with van der Waals surface area (Å²) in [5.74, 6) is 0. The summed E-state index contributed by atoms with van der Waals surface area (Å²) >= 11 is 0. The fraction of sp³-hybridized carbons (Fsp3) is 0.600. The summed E-state index contributed by atoms with van der Waals surface area (Å²) < 4.78 is 26.0. The van der Waals surface area contributed by atoms with Gasteiger partial charge in [0.1, 0.15) is 5.06 Å². The fourth-order valence-corrected chi connectivity index (χ4v) is 2.52. The minimum Gasteiger partial charge on any atom is -0.321 e. The standard InChI is InChI=1S/C5H12O6P2/c1-3-4-11-13(9,10)5(2)12(6,7)8/h2-4H2,1H3,(H,9,10)(H2,6,7,8). The van der Waals surface area contributed by atoms with E-state index in [-0.39, 0.29) is 6.61 Å². The number of hydrogen-bond donors (Lipinski definition) is 3. The second-order valence-electron chi connectivity index (χ2n) is 2.31. The molecule has 0 aromatic carbocycles. The molecule has 0 spiro atoms. The normalized spacial score (nSPS) is 16.6. The first-order valence-corrected chi connectivity index (χ1v) is 6.63. The zero-order chi connectivity index (χ0) is 10.7. The van der Waals surface area contributed by atoms with Gasteiger partial charge in [-0.2, -0.15) is 0 Å². The second kappa shape index (κ2) is 4.51. The molecule has 0 saturated heterocycles. The molecule has 78 valence electrons. The molecule has 0 rings (SSSR count). The summed E-state index contributed by atoms with van der Waals surface area (Å²) in [6.07, 6.45) is 0.471. The Morgan fingerprint density at radius 3 is 2.15 bits per heavy atom. The number of hydrogen-bond acceptors (Lipinski definition) is 3. The molecular weight excluding hydrogens is 218 g/mol. The smallest absolute Gasteiger partial charge is 0.321 e. The van der Waals surface area contributed by atoms with Crippen molar-refractivity contribution in [2.75, 3.05) is 6.61 Å². The van der Waals surface area contributed by atoms with E-state index in [1.807, 2.05) is 0 Å². The fourth-order valence-electron chi connectivity index (χ4n) is 0.454. The van der Waals surface area contributed by atoms with Gasteiger partial charge in [0.25, 0.3) is 0 Å². The first-order valence-electron chi connectivity index (χ1n) is 3.44. The molecule has 0 aliphatic carbocycles. The SMILES string of the molecule is C=C(P(=O)(O)O)P(=O)(O)OCCC. The van der Waals surface area contributed by atoms with Crippen LogP contribution in [0.1, 0.15) is 13.3 Å². The highest BCUT2D eigenvalue weighted by Crippen LogP contribution is 2.65. The molecule has 1 unspecified atom stereocenters. The molecule has 6 nitrogen and oxygen atoms in total. The van der Waals surface area contributed by atoms with Gasteiger partial charge in [-0.25, -0.2) is 0 Å². The lowest BCUT2D eigenvalue weighted by molar-refractivity contribution is 0.266. The molecule has 0 aromatic rings. The minimum absolute atomic E-state index is 0.0488. The third kappa shape index (κ3) is 4.18. The van der Waals surface area contributed by atoms with Gasteiger partial charge in [-0.05, 0) is 6.42 Å². The Morgan fingerprint density at radius 2 is 1.85 bits per heavy atom. The van der Waals surface area contributed by atoms with Gasteiger partial charge in [-0.3, -0.25) is 9.13 Å². The van der Waals surface area contributed by atoms with Gasteiger partial charge in [-0.1, -0.05) is 13.5 Å². The molecule has 0 fully saturated rings. The van der Waals surface area contributed by atoms with E-state index in [1.165, 1.54) is 0 Å². The van der Waals surface area contributed by atoms with Crippen molar-refractivity contribution in [3.05, 3.63) is 11.6 Å². The topological polar surface area (TPSA) is 104 Å². The van der Waals surface area contributed by atoms with Gasteiger partial charge in [0.05, 0.1) is 6.61 Å². The Morgan fingerprint density at radius 1 is 1.38 bits per heavy atom. The highest BCUT2D eigenvalue weighted by molar-refractivity contribution is 7.77.